The summed E-state index contributed by atoms with van der Waals surface area (Å²) in [6.07, 6.45) is 2.91. The van der Waals surface area contributed by atoms with Gasteiger partial charge in [-0.3, -0.25) is 4.79 Å². The number of carbonyl (C=O) groups excluding carboxylic acids is 1. The molecule has 4 nitrogen and oxygen atoms in total. The Morgan fingerprint density at radius 3 is 3.10 bits per heavy atom. The van der Waals surface area contributed by atoms with Crippen molar-refractivity contribution < 1.29 is 9.53 Å². The zero-order chi connectivity index (χ0) is 13.9. The lowest BCUT2D eigenvalue weighted by molar-refractivity contribution is -0.127. The number of hydrogen-bond donors (Lipinski definition) is 2. The lowest BCUT2D eigenvalue weighted by atomic mass is 9.90. The van der Waals surface area contributed by atoms with Crippen molar-refractivity contribution in [1.29, 1.82) is 0 Å². The van der Waals surface area contributed by atoms with Crippen LogP contribution in [0.15, 0.2) is 24.3 Å². The van der Waals surface area contributed by atoms with Gasteiger partial charge in [0, 0.05) is 6.04 Å². The zero-order valence-corrected chi connectivity index (χ0v) is 11.9. The number of amides is 1. The number of carbonyl (C=O) groups is 1. The Bertz CT molecular complexity index is 489. The van der Waals surface area contributed by atoms with Crippen molar-refractivity contribution in [1.82, 2.24) is 10.6 Å². The van der Waals surface area contributed by atoms with Gasteiger partial charge in [-0.15, -0.1) is 0 Å². The van der Waals surface area contributed by atoms with Crippen molar-refractivity contribution in [2.24, 2.45) is 5.92 Å². The molecule has 2 N–H and O–H groups in total. The molecule has 0 bridgehead atoms. The summed E-state index contributed by atoms with van der Waals surface area (Å²) in [5, 5.41) is 6.53. The number of rotatable bonds is 2. The monoisotopic (exact) mass is 274 g/mol. The highest BCUT2D eigenvalue weighted by Crippen LogP contribution is 2.24. The number of para-hydroxylation sites is 1. The van der Waals surface area contributed by atoms with Crippen LogP contribution in [0, 0.1) is 5.92 Å². The third-order valence-electron chi connectivity index (χ3n) is 4.32. The number of fused-ring (bicyclic) bond motifs is 1. The van der Waals surface area contributed by atoms with E-state index in [1.807, 2.05) is 18.2 Å². The average Bonchev–Trinajstić information content (AvgIpc) is 2.47. The molecule has 1 fully saturated rings. The smallest absolute Gasteiger partial charge is 0.225 e. The van der Waals surface area contributed by atoms with E-state index in [4.69, 9.17) is 4.74 Å². The molecular formula is C16H22N2O2. The van der Waals surface area contributed by atoms with E-state index in [9.17, 15) is 4.79 Å². The minimum atomic E-state index is 0.0842. The first kappa shape index (κ1) is 13.4. The van der Waals surface area contributed by atoms with Gasteiger partial charge in [0.1, 0.15) is 12.4 Å². The maximum absolute atomic E-state index is 12.4. The number of nitrogens with one attached hydrogen (secondary N) is 2. The van der Waals surface area contributed by atoms with Crippen LogP contribution in [-0.4, -0.2) is 31.1 Å². The molecule has 3 atom stereocenters. The molecule has 108 valence electrons. The van der Waals surface area contributed by atoms with Crippen molar-refractivity contribution in [3.63, 3.8) is 0 Å². The molecule has 1 saturated heterocycles. The molecule has 0 aromatic heterocycles. The Kier molecular flexibility index (Phi) is 3.92. The molecule has 2 aliphatic rings. The second-order valence-electron chi connectivity index (χ2n) is 5.82. The maximum Gasteiger partial charge on any atom is 0.225 e. The Labute approximate surface area is 119 Å². The van der Waals surface area contributed by atoms with Crippen LogP contribution in [0.2, 0.25) is 0 Å². The van der Waals surface area contributed by atoms with Crippen LogP contribution in [-0.2, 0) is 11.2 Å². The van der Waals surface area contributed by atoms with Crippen LogP contribution < -0.4 is 15.4 Å². The topological polar surface area (TPSA) is 50.4 Å². The molecule has 2 aliphatic heterocycles. The zero-order valence-electron chi connectivity index (χ0n) is 11.9. The minimum Gasteiger partial charge on any atom is -0.491 e. The predicted octanol–water partition coefficient (Wildman–Crippen LogP) is 1.49. The molecule has 2 heterocycles. The largest absolute Gasteiger partial charge is 0.491 e. The number of ether oxygens (including phenoxy) is 1. The molecule has 3 rings (SSSR count). The summed E-state index contributed by atoms with van der Waals surface area (Å²) in [5.41, 5.74) is 1.18. The van der Waals surface area contributed by atoms with Crippen molar-refractivity contribution in [2.45, 2.75) is 38.3 Å². The first-order valence-corrected chi connectivity index (χ1v) is 7.48. The first-order chi connectivity index (χ1) is 9.74. The van der Waals surface area contributed by atoms with Gasteiger partial charge in [-0.1, -0.05) is 18.2 Å². The highest BCUT2D eigenvalue weighted by molar-refractivity contribution is 5.79. The molecule has 1 amide bonds. The number of benzene rings is 1. The second kappa shape index (κ2) is 5.83. The van der Waals surface area contributed by atoms with Crippen LogP contribution in [0.5, 0.6) is 5.75 Å². The fraction of sp³-hybridized carbons (Fsp3) is 0.562. The van der Waals surface area contributed by atoms with Gasteiger partial charge in [0.2, 0.25) is 5.91 Å². The Balaban J connectivity index is 1.60. The lowest BCUT2D eigenvalue weighted by Crippen LogP contribution is -2.51. The summed E-state index contributed by atoms with van der Waals surface area (Å²) in [7, 11) is 0. The molecule has 1 aromatic carbocycles. The lowest BCUT2D eigenvalue weighted by Gasteiger charge is -2.32. The average molecular weight is 274 g/mol. The van der Waals surface area contributed by atoms with E-state index in [-0.39, 0.29) is 23.9 Å². The highest BCUT2D eigenvalue weighted by Gasteiger charge is 2.30. The fourth-order valence-corrected chi connectivity index (χ4v) is 3.13. The minimum absolute atomic E-state index is 0.0842. The van der Waals surface area contributed by atoms with Crippen LogP contribution in [0.3, 0.4) is 0 Å². The molecule has 0 aliphatic carbocycles. The van der Waals surface area contributed by atoms with E-state index in [2.05, 4.69) is 23.6 Å². The van der Waals surface area contributed by atoms with E-state index < -0.39 is 0 Å². The van der Waals surface area contributed by atoms with Gasteiger partial charge < -0.3 is 15.4 Å². The van der Waals surface area contributed by atoms with Crippen LogP contribution in [0.25, 0.3) is 0 Å². The normalized spacial score (nSPS) is 29.1. The maximum atomic E-state index is 12.4. The highest BCUT2D eigenvalue weighted by atomic mass is 16.5. The van der Waals surface area contributed by atoms with E-state index in [0.29, 0.717) is 6.61 Å². The van der Waals surface area contributed by atoms with Gasteiger partial charge in [-0.2, -0.15) is 0 Å². The second-order valence-corrected chi connectivity index (χ2v) is 5.82. The molecule has 0 spiro atoms. The Morgan fingerprint density at radius 1 is 1.40 bits per heavy atom. The fourth-order valence-electron chi connectivity index (χ4n) is 3.13. The SMILES string of the molecule is CC1NCCCC1C(=O)NC1COc2ccccc2C1. The van der Waals surface area contributed by atoms with E-state index in [1.165, 1.54) is 5.56 Å². The molecule has 0 radical (unpaired) electrons. The third-order valence-corrected chi connectivity index (χ3v) is 4.32. The summed E-state index contributed by atoms with van der Waals surface area (Å²) in [6.45, 7) is 3.68. The van der Waals surface area contributed by atoms with Crippen LogP contribution in [0.1, 0.15) is 25.3 Å². The summed E-state index contributed by atoms with van der Waals surface area (Å²) in [6, 6.07) is 8.40. The van der Waals surface area contributed by atoms with Gasteiger partial charge in [0.15, 0.2) is 0 Å². The first-order valence-electron chi connectivity index (χ1n) is 7.48. The van der Waals surface area contributed by atoms with Gasteiger partial charge >= 0.3 is 0 Å². The number of piperidine rings is 1. The molecular weight excluding hydrogens is 252 g/mol. The van der Waals surface area contributed by atoms with Gasteiger partial charge in [-0.05, 0) is 44.4 Å². The van der Waals surface area contributed by atoms with Gasteiger partial charge in [0.25, 0.3) is 0 Å². The number of hydrogen-bond acceptors (Lipinski definition) is 3. The van der Waals surface area contributed by atoms with Crippen molar-refractivity contribution in [3.8, 4) is 5.75 Å². The van der Waals surface area contributed by atoms with Crippen molar-refractivity contribution in [3.05, 3.63) is 29.8 Å². The Morgan fingerprint density at radius 2 is 2.25 bits per heavy atom. The molecule has 20 heavy (non-hydrogen) atoms. The standard InChI is InChI=1S/C16H22N2O2/c1-11-14(6-4-8-17-11)16(19)18-13-9-12-5-2-3-7-15(12)20-10-13/h2-3,5,7,11,13-14,17H,4,6,8-10H2,1H3,(H,18,19). The van der Waals surface area contributed by atoms with E-state index in [0.717, 1.165) is 31.6 Å². The van der Waals surface area contributed by atoms with E-state index >= 15 is 0 Å². The van der Waals surface area contributed by atoms with Gasteiger partial charge in [-0.25, -0.2) is 0 Å². The van der Waals surface area contributed by atoms with Crippen LogP contribution in [0.4, 0.5) is 0 Å². The molecule has 4 heteroatoms. The molecule has 1 aromatic rings. The van der Waals surface area contributed by atoms with Gasteiger partial charge in [0.05, 0.1) is 12.0 Å². The van der Waals surface area contributed by atoms with Crippen molar-refractivity contribution >= 4 is 5.91 Å². The summed E-state index contributed by atoms with van der Waals surface area (Å²) in [4.78, 5) is 12.4. The van der Waals surface area contributed by atoms with E-state index in [1.54, 1.807) is 0 Å². The third kappa shape index (κ3) is 2.80. The Hall–Kier alpha value is -1.55. The summed E-state index contributed by atoms with van der Waals surface area (Å²) < 4.78 is 5.72. The quantitative estimate of drug-likeness (QED) is 0.859. The predicted molar refractivity (Wildman–Crippen MR) is 77.8 cm³/mol. The summed E-state index contributed by atoms with van der Waals surface area (Å²) >= 11 is 0. The summed E-state index contributed by atoms with van der Waals surface area (Å²) in [5.74, 6) is 1.20. The molecule has 3 unspecified atom stereocenters. The van der Waals surface area contributed by atoms with Crippen LogP contribution >= 0.6 is 0 Å². The molecule has 0 saturated carbocycles. The van der Waals surface area contributed by atoms with Crippen molar-refractivity contribution in [2.75, 3.05) is 13.2 Å².